The van der Waals surface area contributed by atoms with E-state index in [0.29, 0.717) is 11.4 Å². The van der Waals surface area contributed by atoms with E-state index >= 15 is 0 Å². The Hall–Kier alpha value is -1.42. The Labute approximate surface area is 96.6 Å². The average Bonchev–Trinajstić information content (AvgIpc) is 2.66. The average molecular weight is 220 g/mol. The Morgan fingerprint density at radius 3 is 2.81 bits per heavy atom. The molecule has 0 spiro atoms. The third-order valence-electron chi connectivity index (χ3n) is 3.17. The van der Waals surface area contributed by atoms with Crippen LogP contribution in [0.5, 0.6) is 0 Å². The van der Waals surface area contributed by atoms with E-state index in [1.165, 1.54) is 19.5 Å². The molecule has 1 saturated heterocycles. The zero-order valence-corrected chi connectivity index (χ0v) is 9.74. The van der Waals surface area contributed by atoms with Crippen molar-refractivity contribution < 1.29 is 0 Å². The SMILES string of the molecule is CN1CCC(CNc2ccc(N)c(N)c2)C1. The minimum atomic E-state index is 0.645. The monoisotopic (exact) mass is 220 g/mol. The van der Waals surface area contributed by atoms with Crippen LogP contribution in [0.3, 0.4) is 0 Å². The van der Waals surface area contributed by atoms with Crippen LogP contribution in [0.25, 0.3) is 0 Å². The van der Waals surface area contributed by atoms with Crippen molar-refractivity contribution in [3.05, 3.63) is 18.2 Å². The zero-order valence-electron chi connectivity index (χ0n) is 9.74. The number of hydrogen-bond acceptors (Lipinski definition) is 4. The molecule has 1 aromatic rings. The van der Waals surface area contributed by atoms with Gasteiger partial charge < -0.3 is 21.7 Å². The lowest BCUT2D eigenvalue weighted by Crippen LogP contribution is -2.19. The molecule has 1 aliphatic heterocycles. The molecular weight excluding hydrogens is 200 g/mol. The molecule has 5 N–H and O–H groups in total. The zero-order chi connectivity index (χ0) is 11.5. The van der Waals surface area contributed by atoms with Crippen molar-refractivity contribution in [2.24, 2.45) is 5.92 Å². The quantitative estimate of drug-likeness (QED) is 0.670. The van der Waals surface area contributed by atoms with Crippen LogP contribution in [0.4, 0.5) is 17.1 Å². The fraction of sp³-hybridized carbons (Fsp3) is 0.500. The summed E-state index contributed by atoms with van der Waals surface area (Å²) in [5.74, 6) is 0.740. The van der Waals surface area contributed by atoms with Gasteiger partial charge in [0.2, 0.25) is 0 Å². The summed E-state index contributed by atoms with van der Waals surface area (Å²) in [7, 11) is 2.17. The molecule has 1 aliphatic rings. The van der Waals surface area contributed by atoms with E-state index in [1.54, 1.807) is 0 Å². The molecule has 16 heavy (non-hydrogen) atoms. The van der Waals surface area contributed by atoms with E-state index < -0.39 is 0 Å². The van der Waals surface area contributed by atoms with Crippen LogP contribution in [0.2, 0.25) is 0 Å². The maximum Gasteiger partial charge on any atom is 0.0568 e. The van der Waals surface area contributed by atoms with Gasteiger partial charge in [0.25, 0.3) is 0 Å². The summed E-state index contributed by atoms with van der Waals surface area (Å²) in [6.07, 6.45) is 1.27. The molecule has 1 unspecified atom stereocenters. The van der Waals surface area contributed by atoms with E-state index in [2.05, 4.69) is 17.3 Å². The normalized spacial score (nSPS) is 21.2. The number of nitrogens with zero attached hydrogens (tertiary/aromatic N) is 1. The van der Waals surface area contributed by atoms with Gasteiger partial charge in [-0.05, 0) is 44.1 Å². The summed E-state index contributed by atoms with van der Waals surface area (Å²) in [4.78, 5) is 2.36. The largest absolute Gasteiger partial charge is 0.397 e. The summed E-state index contributed by atoms with van der Waals surface area (Å²) in [5.41, 5.74) is 13.8. The molecule has 0 aromatic heterocycles. The molecule has 0 aliphatic carbocycles. The highest BCUT2D eigenvalue weighted by molar-refractivity contribution is 5.69. The summed E-state index contributed by atoms with van der Waals surface area (Å²) in [5, 5.41) is 3.41. The number of rotatable bonds is 3. The summed E-state index contributed by atoms with van der Waals surface area (Å²) >= 11 is 0. The molecule has 0 bridgehead atoms. The van der Waals surface area contributed by atoms with Gasteiger partial charge in [-0.2, -0.15) is 0 Å². The Morgan fingerprint density at radius 2 is 2.19 bits per heavy atom. The van der Waals surface area contributed by atoms with Crippen molar-refractivity contribution >= 4 is 17.1 Å². The molecule has 2 rings (SSSR count). The van der Waals surface area contributed by atoms with Crippen molar-refractivity contribution in [1.82, 2.24) is 4.90 Å². The molecule has 0 saturated carbocycles. The first kappa shape index (κ1) is 11.1. The predicted octanol–water partition coefficient (Wildman–Crippen LogP) is 1.21. The van der Waals surface area contributed by atoms with Gasteiger partial charge in [0.1, 0.15) is 0 Å². The van der Waals surface area contributed by atoms with Crippen LogP contribution in [0.1, 0.15) is 6.42 Å². The second-order valence-corrected chi connectivity index (χ2v) is 4.64. The van der Waals surface area contributed by atoms with Crippen LogP contribution in [-0.4, -0.2) is 31.6 Å². The van der Waals surface area contributed by atoms with Crippen LogP contribution in [0.15, 0.2) is 18.2 Å². The first-order valence-corrected chi connectivity index (χ1v) is 5.72. The van der Waals surface area contributed by atoms with E-state index in [0.717, 1.165) is 18.2 Å². The minimum Gasteiger partial charge on any atom is -0.397 e. The number of anilines is 3. The number of benzene rings is 1. The van der Waals surface area contributed by atoms with Crippen LogP contribution >= 0.6 is 0 Å². The lowest BCUT2D eigenvalue weighted by Gasteiger charge is -2.13. The molecular formula is C12H20N4. The van der Waals surface area contributed by atoms with Gasteiger partial charge in [0, 0.05) is 18.8 Å². The third kappa shape index (κ3) is 2.58. The van der Waals surface area contributed by atoms with E-state index in [4.69, 9.17) is 11.5 Å². The molecule has 0 amide bonds. The summed E-state index contributed by atoms with van der Waals surface area (Å²) in [6, 6.07) is 5.72. The molecule has 1 heterocycles. The van der Waals surface area contributed by atoms with Gasteiger partial charge in [-0.25, -0.2) is 0 Å². The molecule has 1 aromatic carbocycles. The Morgan fingerprint density at radius 1 is 1.38 bits per heavy atom. The second kappa shape index (κ2) is 4.61. The minimum absolute atomic E-state index is 0.645. The van der Waals surface area contributed by atoms with Crippen molar-refractivity contribution in [3.63, 3.8) is 0 Å². The van der Waals surface area contributed by atoms with Crippen LogP contribution < -0.4 is 16.8 Å². The first-order chi connectivity index (χ1) is 7.65. The van der Waals surface area contributed by atoms with Crippen molar-refractivity contribution in [2.45, 2.75) is 6.42 Å². The highest BCUT2D eigenvalue weighted by Crippen LogP contribution is 2.21. The first-order valence-electron chi connectivity index (χ1n) is 5.72. The smallest absolute Gasteiger partial charge is 0.0568 e. The number of nitrogens with two attached hydrogens (primary N) is 2. The van der Waals surface area contributed by atoms with E-state index in [9.17, 15) is 0 Å². The van der Waals surface area contributed by atoms with Gasteiger partial charge in [-0.15, -0.1) is 0 Å². The molecule has 88 valence electrons. The molecule has 4 heteroatoms. The maximum absolute atomic E-state index is 5.75. The fourth-order valence-electron chi connectivity index (χ4n) is 2.14. The molecule has 1 fully saturated rings. The van der Waals surface area contributed by atoms with Gasteiger partial charge in [0.05, 0.1) is 11.4 Å². The maximum atomic E-state index is 5.75. The number of nitrogen functional groups attached to an aromatic ring is 2. The highest BCUT2D eigenvalue weighted by Gasteiger charge is 2.18. The van der Waals surface area contributed by atoms with Gasteiger partial charge in [-0.1, -0.05) is 0 Å². The van der Waals surface area contributed by atoms with Crippen molar-refractivity contribution in [1.29, 1.82) is 0 Å². The summed E-state index contributed by atoms with van der Waals surface area (Å²) in [6.45, 7) is 3.39. The molecule has 0 radical (unpaired) electrons. The standard InChI is InChI=1S/C12H20N4/c1-16-5-4-9(8-16)7-15-10-2-3-11(13)12(14)6-10/h2-3,6,9,15H,4-5,7-8,13-14H2,1H3. The highest BCUT2D eigenvalue weighted by atomic mass is 15.1. The molecule has 4 nitrogen and oxygen atoms in total. The van der Waals surface area contributed by atoms with Gasteiger partial charge >= 0.3 is 0 Å². The number of nitrogens with one attached hydrogen (secondary N) is 1. The van der Waals surface area contributed by atoms with Crippen molar-refractivity contribution in [3.8, 4) is 0 Å². The second-order valence-electron chi connectivity index (χ2n) is 4.64. The van der Waals surface area contributed by atoms with Crippen LogP contribution in [-0.2, 0) is 0 Å². The van der Waals surface area contributed by atoms with E-state index in [1.807, 2.05) is 18.2 Å². The van der Waals surface area contributed by atoms with Gasteiger partial charge in [-0.3, -0.25) is 0 Å². The topological polar surface area (TPSA) is 67.3 Å². The van der Waals surface area contributed by atoms with Crippen molar-refractivity contribution in [2.75, 3.05) is 43.5 Å². The number of likely N-dealkylation sites (tertiary alicyclic amines) is 1. The van der Waals surface area contributed by atoms with E-state index in [-0.39, 0.29) is 0 Å². The third-order valence-corrected chi connectivity index (χ3v) is 3.17. The Bertz CT molecular complexity index is 364. The Kier molecular flexibility index (Phi) is 3.19. The fourth-order valence-corrected chi connectivity index (χ4v) is 2.14. The lowest BCUT2D eigenvalue weighted by molar-refractivity contribution is 0.399. The predicted molar refractivity (Wildman–Crippen MR) is 69.4 cm³/mol. The van der Waals surface area contributed by atoms with Crippen LogP contribution in [0, 0.1) is 5.92 Å². The Balaban J connectivity index is 1.87. The summed E-state index contributed by atoms with van der Waals surface area (Å²) < 4.78 is 0. The molecule has 1 atom stereocenters. The lowest BCUT2D eigenvalue weighted by atomic mass is 10.1. The number of hydrogen-bond donors (Lipinski definition) is 3. The van der Waals surface area contributed by atoms with Gasteiger partial charge in [0.15, 0.2) is 0 Å².